The van der Waals surface area contributed by atoms with E-state index in [1.807, 2.05) is 25.1 Å². The average molecular weight is 397 g/mol. The maximum Gasteiger partial charge on any atom is 0.261 e. The summed E-state index contributed by atoms with van der Waals surface area (Å²) < 4.78 is 5.67. The number of aryl methyl sites for hydroxylation is 1. The zero-order valence-corrected chi connectivity index (χ0v) is 16.7. The van der Waals surface area contributed by atoms with Crippen LogP contribution in [0.4, 0.5) is 5.82 Å². The number of aromatic nitrogens is 2. The van der Waals surface area contributed by atoms with Crippen LogP contribution in [0.3, 0.4) is 0 Å². The van der Waals surface area contributed by atoms with Crippen LogP contribution in [0.25, 0.3) is 10.2 Å². The predicted octanol–water partition coefficient (Wildman–Crippen LogP) is 3.56. The molecule has 0 aliphatic carbocycles. The lowest BCUT2D eigenvalue weighted by molar-refractivity contribution is 0.0957. The molecule has 1 aromatic carbocycles. The molecular formula is C21H24N4O2S. The Balaban J connectivity index is 1.45. The first-order valence-corrected chi connectivity index (χ1v) is 10.5. The quantitative estimate of drug-likeness (QED) is 0.639. The number of rotatable bonds is 7. The summed E-state index contributed by atoms with van der Waals surface area (Å²) >= 11 is 1.42. The van der Waals surface area contributed by atoms with Gasteiger partial charge in [0.25, 0.3) is 5.91 Å². The smallest absolute Gasteiger partial charge is 0.261 e. The van der Waals surface area contributed by atoms with Gasteiger partial charge in [-0.2, -0.15) is 0 Å². The Bertz CT molecular complexity index is 952. The van der Waals surface area contributed by atoms with Crippen molar-refractivity contribution in [1.82, 2.24) is 15.3 Å². The van der Waals surface area contributed by atoms with Crippen LogP contribution >= 0.6 is 11.3 Å². The monoisotopic (exact) mass is 396 g/mol. The number of anilines is 1. The number of carbonyl (C=O) groups is 1. The molecule has 0 spiro atoms. The Labute approximate surface area is 168 Å². The molecule has 28 heavy (non-hydrogen) atoms. The topological polar surface area (TPSA) is 76.1 Å². The maximum atomic E-state index is 12.7. The van der Waals surface area contributed by atoms with Crippen LogP contribution < -0.4 is 10.6 Å². The van der Waals surface area contributed by atoms with Crippen molar-refractivity contribution < 1.29 is 9.53 Å². The number of hydrogen-bond donors (Lipinski definition) is 2. The standard InChI is InChI=1S/C21H24N4O2S/c1-14-17-19(23-12-16-8-5-11-27-16)24-13-25-21(17)28-18(14)20(26)22-10-9-15-6-3-2-4-7-15/h2-4,6-7,13,16H,5,8-12H2,1H3,(H,22,26)(H,23,24,25). The van der Waals surface area contributed by atoms with Gasteiger partial charge in [0.05, 0.1) is 16.4 Å². The van der Waals surface area contributed by atoms with Crippen molar-refractivity contribution in [3.63, 3.8) is 0 Å². The van der Waals surface area contributed by atoms with Gasteiger partial charge in [-0.15, -0.1) is 11.3 Å². The second kappa shape index (κ2) is 8.67. The molecule has 6 nitrogen and oxygen atoms in total. The zero-order valence-electron chi connectivity index (χ0n) is 15.9. The molecule has 1 saturated heterocycles. The third-order valence-electron chi connectivity index (χ3n) is 5.00. The maximum absolute atomic E-state index is 12.7. The third kappa shape index (κ3) is 4.15. The van der Waals surface area contributed by atoms with Crippen LogP contribution in [-0.2, 0) is 11.2 Å². The van der Waals surface area contributed by atoms with Gasteiger partial charge in [-0.25, -0.2) is 9.97 Å². The molecule has 2 N–H and O–H groups in total. The minimum Gasteiger partial charge on any atom is -0.376 e. The SMILES string of the molecule is Cc1c(C(=O)NCCc2ccccc2)sc2ncnc(NCC3CCCO3)c12. The lowest BCUT2D eigenvalue weighted by Crippen LogP contribution is -2.25. The molecule has 4 rings (SSSR count). The third-order valence-corrected chi connectivity index (χ3v) is 6.19. The van der Waals surface area contributed by atoms with Crippen molar-refractivity contribution in [3.05, 3.63) is 52.7 Å². The lowest BCUT2D eigenvalue weighted by Gasteiger charge is -2.12. The van der Waals surface area contributed by atoms with E-state index in [4.69, 9.17) is 4.74 Å². The van der Waals surface area contributed by atoms with Gasteiger partial charge in [-0.3, -0.25) is 4.79 Å². The Morgan fingerprint density at radius 2 is 2.14 bits per heavy atom. The molecule has 1 atom stereocenters. The minimum absolute atomic E-state index is 0.0542. The van der Waals surface area contributed by atoms with E-state index in [1.54, 1.807) is 6.33 Å². The lowest BCUT2D eigenvalue weighted by atomic mass is 10.1. The summed E-state index contributed by atoms with van der Waals surface area (Å²) in [5.41, 5.74) is 2.13. The van der Waals surface area contributed by atoms with Crippen molar-refractivity contribution >= 4 is 33.3 Å². The number of nitrogens with zero attached hydrogens (tertiary/aromatic N) is 2. The van der Waals surface area contributed by atoms with Crippen molar-refractivity contribution in [1.29, 1.82) is 0 Å². The number of amides is 1. The van der Waals surface area contributed by atoms with Crippen LogP contribution in [0, 0.1) is 6.92 Å². The fourth-order valence-corrected chi connectivity index (χ4v) is 4.55. The summed E-state index contributed by atoms with van der Waals surface area (Å²) in [7, 11) is 0. The molecule has 1 unspecified atom stereocenters. The molecule has 1 aliphatic rings. The number of fused-ring (bicyclic) bond motifs is 1. The summed E-state index contributed by atoms with van der Waals surface area (Å²) in [5.74, 6) is 0.721. The number of ether oxygens (including phenoxy) is 1. The first kappa shape index (κ1) is 18.8. The first-order chi connectivity index (χ1) is 13.7. The molecule has 3 aromatic rings. The number of benzene rings is 1. The van der Waals surface area contributed by atoms with E-state index >= 15 is 0 Å². The molecule has 1 aliphatic heterocycles. The van der Waals surface area contributed by atoms with Crippen molar-refractivity contribution in [2.24, 2.45) is 0 Å². The van der Waals surface area contributed by atoms with Gasteiger partial charge in [0.15, 0.2) is 0 Å². The molecule has 0 radical (unpaired) electrons. The Morgan fingerprint density at radius 3 is 2.93 bits per heavy atom. The second-order valence-corrected chi connectivity index (χ2v) is 7.97. The second-order valence-electron chi connectivity index (χ2n) is 6.97. The minimum atomic E-state index is -0.0542. The molecule has 0 saturated carbocycles. The normalized spacial score (nSPS) is 16.4. The number of carbonyl (C=O) groups excluding carboxylic acids is 1. The Kier molecular flexibility index (Phi) is 5.83. The van der Waals surface area contributed by atoms with E-state index in [2.05, 4.69) is 32.7 Å². The van der Waals surface area contributed by atoms with Gasteiger partial charge in [0, 0.05) is 19.7 Å². The van der Waals surface area contributed by atoms with Gasteiger partial charge < -0.3 is 15.4 Å². The largest absolute Gasteiger partial charge is 0.376 e. The summed E-state index contributed by atoms with van der Waals surface area (Å²) in [6, 6.07) is 10.2. The molecule has 0 bridgehead atoms. The zero-order chi connectivity index (χ0) is 19.3. The van der Waals surface area contributed by atoms with Crippen LogP contribution in [0.15, 0.2) is 36.7 Å². The molecule has 3 heterocycles. The van der Waals surface area contributed by atoms with Crippen molar-refractivity contribution in [2.45, 2.75) is 32.3 Å². The van der Waals surface area contributed by atoms with Crippen molar-refractivity contribution in [3.8, 4) is 0 Å². The summed E-state index contributed by atoms with van der Waals surface area (Å²) in [5, 5.41) is 7.34. The molecule has 2 aromatic heterocycles. The summed E-state index contributed by atoms with van der Waals surface area (Å²) in [4.78, 5) is 23.0. The van der Waals surface area contributed by atoms with Gasteiger partial charge in [-0.1, -0.05) is 30.3 Å². The number of thiophene rings is 1. The highest BCUT2D eigenvalue weighted by atomic mass is 32.1. The highest BCUT2D eigenvalue weighted by molar-refractivity contribution is 7.20. The van der Waals surface area contributed by atoms with Crippen LogP contribution in [0.5, 0.6) is 0 Å². The highest BCUT2D eigenvalue weighted by Gasteiger charge is 2.20. The molecule has 1 fully saturated rings. The van der Waals surface area contributed by atoms with Crippen LogP contribution in [-0.4, -0.2) is 41.7 Å². The molecular weight excluding hydrogens is 372 g/mol. The van der Waals surface area contributed by atoms with E-state index in [9.17, 15) is 4.79 Å². The van der Waals surface area contributed by atoms with E-state index in [0.717, 1.165) is 54.0 Å². The van der Waals surface area contributed by atoms with E-state index in [0.29, 0.717) is 11.4 Å². The molecule has 7 heteroatoms. The average Bonchev–Trinajstić information content (AvgIpc) is 3.35. The van der Waals surface area contributed by atoms with Gasteiger partial charge in [-0.05, 0) is 37.3 Å². The summed E-state index contributed by atoms with van der Waals surface area (Å²) in [6.45, 7) is 4.12. The summed E-state index contributed by atoms with van der Waals surface area (Å²) in [6.07, 6.45) is 4.76. The van der Waals surface area contributed by atoms with Gasteiger partial charge in [0.2, 0.25) is 0 Å². The molecule has 146 valence electrons. The Morgan fingerprint density at radius 1 is 1.29 bits per heavy atom. The van der Waals surface area contributed by atoms with Gasteiger partial charge >= 0.3 is 0 Å². The Hall–Kier alpha value is -2.51. The number of hydrogen-bond acceptors (Lipinski definition) is 6. The van der Waals surface area contributed by atoms with Gasteiger partial charge in [0.1, 0.15) is 17.0 Å². The first-order valence-electron chi connectivity index (χ1n) is 9.64. The van der Waals surface area contributed by atoms with Crippen LogP contribution in [0.2, 0.25) is 0 Å². The van der Waals surface area contributed by atoms with Crippen molar-refractivity contribution in [2.75, 3.05) is 25.0 Å². The van der Waals surface area contributed by atoms with E-state index in [-0.39, 0.29) is 12.0 Å². The number of nitrogens with one attached hydrogen (secondary N) is 2. The predicted molar refractivity (Wildman–Crippen MR) is 112 cm³/mol. The fourth-order valence-electron chi connectivity index (χ4n) is 3.48. The highest BCUT2D eigenvalue weighted by Crippen LogP contribution is 2.33. The van der Waals surface area contributed by atoms with Crippen LogP contribution in [0.1, 0.15) is 33.6 Å². The fraction of sp³-hybridized carbons (Fsp3) is 0.381. The molecule has 1 amide bonds. The van der Waals surface area contributed by atoms with E-state index < -0.39 is 0 Å². The van der Waals surface area contributed by atoms with E-state index in [1.165, 1.54) is 16.9 Å².